The summed E-state index contributed by atoms with van der Waals surface area (Å²) >= 11 is 0. The van der Waals surface area contributed by atoms with Gasteiger partial charge in [0.1, 0.15) is 0 Å². The number of hydrogen-bond acceptors (Lipinski definition) is 0. The Balaban J connectivity index is 2.83. The van der Waals surface area contributed by atoms with Gasteiger partial charge in [-0.2, -0.15) is 0 Å². The van der Waals surface area contributed by atoms with E-state index in [0.717, 1.165) is 0 Å². The lowest BCUT2D eigenvalue weighted by atomic mass is 10.00. The van der Waals surface area contributed by atoms with Crippen molar-refractivity contribution in [1.29, 1.82) is 0 Å². The molecule has 1 aliphatic rings. The molecule has 0 atom stereocenters. The van der Waals surface area contributed by atoms with E-state index in [-0.39, 0.29) is 0 Å². The third-order valence-electron chi connectivity index (χ3n) is 2.29. The first-order chi connectivity index (χ1) is 5.20. The minimum absolute atomic E-state index is 1.22. The van der Waals surface area contributed by atoms with E-state index < -0.39 is 0 Å². The molecule has 11 heavy (non-hydrogen) atoms. The highest BCUT2D eigenvalue weighted by Gasteiger charge is 1.97. The zero-order chi connectivity index (χ0) is 8.27. The van der Waals surface area contributed by atoms with Crippen molar-refractivity contribution >= 4 is 0 Å². The predicted octanol–water partition coefficient (Wildman–Crippen LogP) is 3.62. The maximum Gasteiger partial charge on any atom is -0.0280 e. The van der Waals surface area contributed by atoms with Gasteiger partial charge in [0.25, 0.3) is 0 Å². The first kappa shape index (κ1) is 8.32. The molecule has 0 unspecified atom stereocenters. The second kappa shape index (κ2) is 3.56. The summed E-state index contributed by atoms with van der Waals surface area (Å²) in [5, 5.41) is 0. The Labute approximate surface area is 69.3 Å². The van der Waals surface area contributed by atoms with Crippen molar-refractivity contribution < 1.29 is 0 Å². The maximum absolute atomic E-state index is 2.22. The Bertz CT molecular complexity index is 226. The summed E-state index contributed by atoms with van der Waals surface area (Å²) < 4.78 is 0. The van der Waals surface area contributed by atoms with Crippen LogP contribution in [0.2, 0.25) is 0 Å². The molecule has 1 rings (SSSR count). The highest BCUT2D eigenvalue weighted by Crippen LogP contribution is 2.17. The standard InChI is InChI=1S/C11H16/c1-9-5-4-6-10(2)11(3)8-7-9/h4-6H,7-8H2,1-3H3. The minimum Gasteiger partial charge on any atom is -0.0730 e. The van der Waals surface area contributed by atoms with Crippen molar-refractivity contribution in [2.75, 3.05) is 0 Å². The highest BCUT2D eigenvalue weighted by molar-refractivity contribution is 5.28. The van der Waals surface area contributed by atoms with Crippen molar-refractivity contribution in [3.05, 3.63) is 34.9 Å². The third-order valence-corrected chi connectivity index (χ3v) is 2.29. The highest BCUT2D eigenvalue weighted by atomic mass is 14.0. The van der Waals surface area contributed by atoms with Crippen LogP contribution >= 0.6 is 0 Å². The number of hydrogen-bond donors (Lipinski definition) is 0. The van der Waals surface area contributed by atoms with Crippen LogP contribution in [-0.2, 0) is 0 Å². The Morgan fingerprint density at radius 2 is 1.82 bits per heavy atom. The molecular formula is C11H16. The Morgan fingerprint density at radius 1 is 1.09 bits per heavy atom. The van der Waals surface area contributed by atoms with Gasteiger partial charge in [0, 0.05) is 0 Å². The first-order valence-corrected chi connectivity index (χ1v) is 4.20. The lowest BCUT2D eigenvalue weighted by Crippen LogP contribution is -1.86. The van der Waals surface area contributed by atoms with Gasteiger partial charge < -0.3 is 0 Å². The molecule has 0 N–H and O–H groups in total. The summed E-state index contributed by atoms with van der Waals surface area (Å²) in [7, 11) is 0. The van der Waals surface area contributed by atoms with Crippen LogP contribution in [-0.4, -0.2) is 0 Å². The van der Waals surface area contributed by atoms with Gasteiger partial charge in [0.15, 0.2) is 0 Å². The summed E-state index contributed by atoms with van der Waals surface area (Å²) in [6.45, 7) is 6.59. The molecule has 1 aliphatic carbocycles. The molecule has 0 aromatic heterocycles. The molecule has 0 nitrogen and oxygen atoms in total. The molecule has 0 bridgehead atoms. The van der Waals surface area contributed by atoms with E-state index in [1.807, 2.05) is 0 Å². The predicted molar refractivity (Wildman–Crippen MR) is 50.5 cm³/mol. The molecule has 60 valence electrons. The second-order valence-corrected chi connectivity index (χ2v) is 3.34. The smallest absolute Gasteiger partial charge is 0.0280 e. The monoisotopic (exact) mass is 148 g/mol. The molecule has 0 spiro atoms. The fraction of sp³-hybridized carbons (Fsp3) is 0.455. The van der Waals surface area contributed by atoms with Gasteiger partial charge in [0.05, 0.1) is 0 Å². The van der Waals surface area contributed by atoms with Crippen LogP contribution in [0.25, 0.3) is 0 Å². The molecule has 0 amide bonds. The summed E-state index contributed by atoms with van der Waals surface area (Å²) in [6.07, 6.45) is 8.98. The van der Waals surface area contributed by atoms with Gasteiger partial charge in [-0.3, -0.25) is 0 Å². The van der Waals surface area contributed by atoms with Crippen molar-refractivity contribution in [2.45, 2.75) is 33.6 Å². The molecule has 0 radical (unpaired) electrons. The van der Waals surface area contributed by atoms with E-state index >= 15 is 0 Å². The van der Waals surface area contributed by atoms with Crippen LogP contribution in [0.3, 0.4) is 0 Å². The summed E-state index contributed by atoms with van der Waals surface area (Å²) in [5.41, 5.74) is 4.43. The largest absolute Gasteiger partial charge is 0.0730 e. The van der Waals surface area contributed by atoms with Crippen LogP contribution in [0.4, 0.5) is 0 Å². The summed E-state index contributed by atoms with van der Waals surface area (Å²) in [4.78, 5) is 0. The van der Waals surface area contributed by atoms with E-state index in [1.165, 1.54) is 29.6 Å². The topological polar surface area (TPSA) is 0 Å². The SMILES string of the molecule is CC1=CC=CC(C)=C(C)CC1. The average Bonchev–Trinajstić information content (AvgIpc) is 1.98. The molecule has 0 fully saturated rings. The van der Waals surface area contributed by atoms with E-state index in [9.17, 15) is 0 Å². The van der Waals surface area contributed by atoms with E-state index in [4.69, 9.17) is 0 Å². The van der Waals surface area contributed by atoms with Gasteiger partial charge in [-0.25, -0.2) is 0 Å². The van der Waals surface area contributed by atoms with Crippen molar-refractivity contribution in [3.8, 4) is 0 Å². The Kier molecular flexibility index (Phi) is 2.70. The van der Waals surface area contributed by atoms with Gasteiger partial charge in [0.2, 0.25) is 0 Å². The zero-order valence-electron chi connectivity index (χ0n) is 7.65. The normalized spacial score (nSPS) is 19.4. The van der Waals surface area contributed by atoms with E-state index in [1.54, 1.807) is 0 Å². The summed E-state index contributed by atoms with van der Waals surface area (Å²) in [5.74, 6) is 0. The summed E-state index contributed by atoms with van der Waals surface area (Å²) in [6, 6.07) is 0. The van der Waals surface area contributed by atoms with Crippen LogP contribution in [0.5, 0.6) is 0 Å². The van der Waals surface area contributed by atoms with Crippen molar-refractivity contribution in [2.24, 2.45) is 0 Å². The molecule has 0 aromatic carbocycles. The number of allylic oxidation sites excluding steroid dienone is 6. The third kappa shape index (κ3) is 2.38. The quantitative estimate of drug-likeness (QED) is 0.492. The van der Waals surface area contributed by atoms with E-state index in [0.29, 0.717) is 0 Å². The molecule has 0 heterocycles. The van der Waals surface area contributed by atoms with Crippen LogP contribution in [0.1, 0.15) is 33.6 Å². The minimum atomic E-state index is 1.22. The van der Waals surface area contributed by atoms with Crippen LogP contribution in [0, 0.1) is 0 Å². The number of rotatable bonds is 0. The van der Waals surface area contributed by atoms with E-state index in [2.05, 4.69) is 39.0 Å². The van der Waals surface area contributed by atoms with Crippen molar-refractivity contribution in [1.82, 2.24) is 0 Å². The Hall–Kier alpha value is -0.780. The lowest BCUT2D eigenvalue weighted by Gasteiger charge is -2.06. The van der Waals surface area contributed by atoms with Crippen LogP contribution in [0.15, 0.2) is 34.9 Å². The van der Waals surface area contributed by atoms with Gasteiger partial charge in [-0.05, 0) is 33.6 Å². The fourth-order valence-corrected chi connectivity index (χ4v) is 1.16. The maximum atomic E-state index is 2.22. The van der Waals surface area contributed by atoms with Gasteiger partial charge in [-0.15, -0.1) is 0 Å². The molecule has 0 saturated carbocycles. The van der Waals surface area contributed by atoms with Gasteiger partial charge in [-0.1, -0.05) is 34.9 Å². The second-order valence-electron chi connectivity index (χ2n) is 3.34. The first-order valence-electron chi connectivity index (χ1n) is 4.20. The van der Waals surface area contributed by atoms with Gasteiger partial charge >= 0.3 is 0 Å². The fourth-order valence-electron chi connectivity index (χ4n) is 1.16. The molecule has 0 heteroatoms. The lowest BCUT2D eigenvalue weighted by molar-refractivity contribution is 0.910. The average molecular weight is 148 g/mol. The van der Waals surface area contributed by atoms with Crippen LogP contribution < -0.4 is 0 Å². The molecule has 0 saturated heterocycles. The molecule has 0 aromatic rings. The Morgan fingerprint density at radius 3 is 2.55 bits per heavy atom. The van der Waals surface area contributed by atoms with Crippen molar-refractivity contribution in [3.63, 3.8) is 0 Å². The molecule has 0 aliphatic heterocycles. The molecular weight excluding hydrogens is 132 g/mol. The zero-order valence-corrected chi connectivity index (χ0v) is 7.65.